The number of rotatable bonds is 1. The Hall–Kier alpha value is -1.22. The molecule has 1 saturated heterocycles. The minimum absolute atomic E-state index is 0.0205. The predicted octanol–water partition coefficient (Wildman–Crippen LogP) is 2.32. The summed E-state index contributed by atoms with van der Waals surface area (Å²) in [5.74, 6) is -0.0275. The van der Waals surface area contributed by atoms with Crippen LogP contribution < -0.4 is 5.32 Å². The molecule has 1 aromatic rings. The summed E-state index contributed by atoms with van der Waals surface area (Å²) in [5, 5.41) is 3.43. The fourth-order valence-electron chi connectivity index (χ4n) is 3.05. The van der Waals surface area contributed by atoms with Crippen molar-refractivity contribution in [3.63, 3.8) is 0 Å². The molecule has 3 rings (SSSR count). The highest BCUT2D eigenvalue weighted by atomic mass is 19.1. The molecule has 0 aromatic heterocycles. The van der Waals surface area contributed by atoms with Crippen molar-refractivity contribution in [3.05, 3.63) is 35.1 Å². The third-order valence-corrected chi connectivity index (χ3v) is 3.94. The molecule has 1 aromatic carbocycles. The zero-order valence-corrected chi connectivity index (χ0v) is 9.71. The summed E-state index contributed by atoms with van der Waals surface area (Å²) in [6.45, 7) is 0.999. The van der Waals surface area contributed by atoms with Crippen molar-refractivity contribution >= 4 is 5.78 Å². The van der Waals surface area contributed by atoms with Gasteiger partial charge in [-0.15, -0.1) is 0 Å². The highest BCUT2D eigenvalue weighted by Gasteiger charge is 2.36. The van der Waals surface area contributed by atoms with E-state index in [1.165, 1.54) is 25.0 Å². The number of piperidine rings is 1. The van der Waals surface area contributed by atoms with E-state index in [2.05, 4.69) is 5.32 Å². The fourth-order valence-corrected chi connectivity index (χ4v) is 3.05. The van der Waals surface area contributed by atoms with Gasteiger partial charge in [0.15, 0.2) is 5.78 Å². The first-order chi connectivity index (χ1) is 8.25. The van der Waals surface area contributed by atoms with Gasteiger partial charge in [-0.2, -0.15) is 0 Å². The largest absolute Gasteiger partial charge is 0.313 e. The molecule has 17 heavy (non-hydrogen) atoms. The van der Waals surface area contributed by atoms with Crippen LogP contribution in [0.1, 0.15) is 35.2 Å². The molecular formula is C14H16FNO. The number of halogens is 1. The molecule has 3 heteroatoms. The molecule has 0 bridgehead atoms. The number of fused-ring (bicyclic) bond motifs is 1. The summed E-state index contributed by atoms with van der Waals surface area (Å²) >= 11 is 0. The first kappa shape index (κ1) is 10.9. The van der Waals surface area contributed by atoms with Crippen LogP contribution in [0.3, 0.4) is 0 Å². The second kappa shape index (κ2) is 4.22. The Morgan fingerprint density at radius 3 is 2.94 bits per heavy atom. The molecule has 1 aliphatic heterocycles. The summed E-state index contributed by atoms with van der Waals surface area (Å²) in [6.07, 6.45) is 4.14. The first-order valence-corrected chi connectivity index (χ1v) is 6.32. The number of Topliss-reactive ketones (excluding diaryl/α,β-unsaturated/α-hetero) is 1. The maximum atomic E-state index is 13.1. The van der Waals surface area contributed by atoms with Crippen molar-refractivity contribution in [1.29, 1.82) is 0 Å². The van der Waals surface area contributed by atoms with Gasteiger partial charge in [0.05, 0.1) is 0 Å². The average Bonchev–Trinajstić information content (AvgIpc) is 2.67. The molecule has 2 atom stereocenters. The van der Waals surface area contributed by atoms with E-state index >= 15 is 0 Å². The Bertz CT molecular complexity index is 452. The molecule has 2 nitrogen and oxygen atoms in total. The first-order valence-electron chi connectivity index (χ1n) is 6.32. The van der Waals surface area contributed by atoms with E-state index in [9.17, 15) is 9.18 Å². The molecule has 1 N–H and O–H groups in total. The van der Waals surface area contributed by atoms with Gasteiger partial charge in [0, 0.05) is 17.5 Å². The standard InChI is InChI=1S/C14H16FNO/c15-10-4-5-11-9(7-10)8-12(14(11)17)13-3-1-2-6-16-13/h4-5,7,12-13,16H,1-3,6,8H2. The SMILES string of the molecule is O=C1c2ccc(F)cc2CC1C1CCCCN1. The van der Waals surface area contributed by atoms with E-state index < -0.39 is 0 Å². The average molecular weight is 233 g/mol. The Balaban J connectivity index is 1.85. The molecule has 2 aliphatic rings. The van der Waals surface area contributed by atoms with Crippen molar-refractivity contribution in [2.45, 2.75) is 31.7 Å². The number of carbonyl (C=O) groups excluding carboxylic acids is 1. The molecule has 0 spiro atoms. The van der Waals surface area contributed by atoms with Crippen LogP contribution in [0.5, 0.6) is 0 Å². The van der Waals surface area contributed by atoms with Crippen molar-refractivity contribution in [1.82, 2.24) is 5.32 Å². The quantitative estimate of drug-likeness (QED) is 0.806. The predicted molar refractivity (Wildman–Crippen MR) is 63.6 cm³/mol. The van der Waals surface area contributed by atoms with Gasteiger partial charge in [0.25, 0.3) is 0 Å². The monoisotopic (exact) mass is 233 g/mol. The maximum absolute atomic E-state index is 13.1. The summed E-state index contributed by atoms with van der Waals surface area (Å²) in [5.41, 5.74) is 1.61. The van der Waals surface area contributed by atoms with Crippen LogP contribution >= 0.6 is 0 Å². The van der Waals surface area contributed by atoms with E-state index in [0.29, 0.717) is 6.42 Å². The Morgan fingerprint density at radius 1 is 1.29 bits per heavy atom. The van der Waals surface area contributed by atoms with Gasteiger partial charge >= 0.3 is 0 Å². The number of ketones is 1. The van der Waals surface area contributed by atoms with Crippen molar-refractivity contribution in [3.8, 4) is 0 Å². The van der Waals surface area contributed by atoms with Gasteiger partial charge < -0.3 is 5.32 Å². The third kappa shape index (κ3) is 1.89. The fraction of sp³-hybridized carbons (Fsp3) is 0.500. The Labute approximate surface area is 100 Å². The molecule has 2 unspecified atom stereocenters. The normalized spacial score (nSPS) is 28.2. The minimum atomic E-state index is -0.242. The zero-order valence-electron chi connectivity index (χ0n) is 9.71. The molecule has 90 valence electrons. The summed E-state index contributed by atoms with van der Waals surface area (Å²) in [4.78, 5) is 12.2. The number of benzene rings is 1. The molecule has 0 radical (unpaired) electrons. The van der Waals surface area contributed by atoms with Gasteiger partial charge in [-0.1, -0.05) is 6.42 Å². The third-order valence-electron chi connectivity index (χ3n) is 3.94. The highest BCUT2D eigenvalue weighted by Crippen LogP contribution is 2.31. The summed E-state index contributed by atoms with van der Waals surface area (Å²) < 4.78 is 13.1. The van der Waals surface area contributed by atoms with E-state index in [0.717, 1.165) is 24.1 Å². The maximum Gasteiger partial charge on any atom is 0.168 e. The van der Waals surface area contributed by atoms with E-state index in [4.69, 9.17) is 0 Å². The molecule has 1 heterocycles. The molecular weight excluding hydrogens is 217 g/mol. The lowest BCUT2D eigenvalue weighted by Gasteiger charge is -2.27. The number of hydrogen-bond donors (Lipinski definition) is 1. The minimum Gasteiger partial charge on any atom is -0.313 e. The lowest BCUT2D eigenvalue weighted by atomic mass is 9.89. The second-order valence-electron chi connectivity index (χ2n) is 5.03. The Kier molecular flexibility index (Phi) is 2.71. The summed E-state index contributed by atoms with van der Waals surface area (Å²) in [6, 6.07) is 4.81. The number of carbonyl (C=O) groups is 1. The lowest BCUT2D eigenvalue weighted by molar-refractivity contribution is 0.0898. The van der Waals surface area contributed by atoms with Gasteiger partial charge in [-0.3, -0.25) is 4.79 Å². The van der Waals surface area contributed by atoms with Crippen molar-refractivity contribution in [2.75, 3.05) is 6.54 Å². The highest BCUT2D eigenvalue weighted by molar-refractivity contribution is 6.02. The van der Waals surface area contributed by atoms with Crippen LogP contribution in [0.4, 0.5) is 4.39 Å². The van der Waals surface area contributed by atoms with Crippen LogP contribution in [0.25, 0.3) is 0 Å². The van der Waals surface area contributed by atoms with Crippen LogP contribution in [-0.2, 0) is 6.42 Å². The summed E-state index contributed by atoms with van der Waals surface area (Å²) in [7, 11) is 0. The van der Waals surface area contributed by atoms with E-state index in [1.54, 1.807) is 6.07 Å². The van der Waals surface area contributed by atoms with Crippen molar-refractivity contribution < 1.29 is 9.18 Å². The van der Waals surface area contributed by atoms with E-state index in [-0.39, 0.29) is 23.6 Å². The molecule has 0 saturated carbocycles. The van der Waals surface area contributed by atoms with Crippen LogP contribution in [0.15, 0.2) is 18.2 Å². The zero-order chi connectivity index (χ0) is 11.8. The van der Waals surface area contributed by atoms with Gasteiger partial charge in [-0.05, 0) is 49.6 Å². The van der Waals surface area contributed by atoms with Gasteiger partial charge in [0.1, 0.15) is 5.82 Å². The topological polar surface area (TPSA) is 29.1 Å². The number of nitrogens with one attached hydrogen (secondary N) is 1. The van der Waals surface area contributed by atoms with Gasteiger partial charge in [-0.25, -0.2) is 4.39 Å². The molecule has 0 amide bonds. The Morgan fingerprint density at radius 2 is 2.18 bits per heavy atom. The second-order valence-corrected chi connectivity index (χ2v) is 5.03. The van der Waals surface area contributed by atoms with Crippen LogP contribution in [0, 0.1) is 11.7 Å². The smallest absolute Gasteiger partial charge is 0.168 e. The van der Waals surface area contributed by atoms with Crippen LogP contribution in [0.2, 0.25) is 0 Å². The molecule has 1 aliphatic carbocycles. The van der Waals surface area contributed by atoms with Crippen molar-refractivity contribution in [2.24, 2.45) is 5.92 Å². The number of hydrogen-bond acceptors (Lipinski definition) is 2. The van der Waals surface area contributed by atoms with Gasteiger partial charge in [0.2, 0.25) is 0 Å². The van der Waals surface area contributed by atoms with E-state index in [1.807, 2.05) is 0 Å². The lowest BCUT2D eigenvalue weighted by Crippen LogP contribution is -2.42. The molecule has 1 fully saturated rings. The van der Waals surface area contributed by atoms with Crippen LogP contribution in [-0.4, -0.2) is 18.4 Å².